The normalized spacial score (nSPS) is 10.6. The monoisotopic (exact) mass is 455 g/mol. The van der Waals surface area contributed by atoms with Gasteiger partial charge in [0.1, 0.15) is 12.4 Å². The van der Waals surface area contributed by atoms with Crippen molar-refractivity contribution >= 4 is 50.5 Å². The standard InChI is InChI=1S/C22H15F2N3O2S2/c23-16-9-8-13(10-17(16)24)12-29-15-5-3-4-14(11-15)25-22(30)27-20(28)21-26-18-6-1-2-7-19(18)31-21/h1-11H,12H2,(H2,25,27,28,30). The summed E-state index contributed by atoms with van der Waals surface area (Å²) in [5.41, 5.74) is 1.84. The summed E-state index contributed by atoms with van der Waals surface area (Å²) in [4.78, 5) is 16.7. The summed E-state index contributed by atoms with van der Waals surface area (Å²) in [7, 11) is 0. The average Bonchev–Trinajstić information content (AvgIpc) is 3.19. The lowest BCUT2D eigenvalue weighted by molar-refractivity contribution is 0.0977. The molecule has 5 nitrogen and oxygen atoms in total. The molecule has 0 atom stereocenters. The quantitative estimate of drug-likeness (QED) is 0.401. The van der Waals surface area contributed by atoms with Gasteiger partial charge in [-0.1, -0.05) is 24.3 Å². The molecule has 3 aromatic carbocycles. The number of rotatable bonds is 5. The van der Waals surface area contributed by atoms with Crippen LogP contribution < -0.4 is 15.4 Å². The topological polar surface area (TPSA) is 63.2 Å². The van der Waals surface area contributed by atoms with Crippen LogP contribution in [0.4, 0.5) is 14.5 Å². The number of thiazole rings is 1. The first-order chi connectivity index (χ1) is 15.0. The van der Waals surface area contributed by atoms with E-state index in [1.807, 2.05) is 24.3 Å². The smallest absolute Gasteiger partial charge is 0.286 e. The number of thiocarbonyl (C=S) groups is 1. The molecule has 0 saturated heterocycles. The van der Waals surface area contributed by atoms with Crippen molar-refractivity contribution in [1.29, 1.82) is 0 Å². The third-order valence-electron chi connectivity index (χ3n) is 4.20. The molecule has 0 aliphatic rings. The Morgan fingerprint density at radius 2 is 1.87 bits per heavy atom. The zero-order valence-electron chi connectivity index (χ0n) is 15.9. The maximum Gasteiger partial charge on any atom is 0.286 e. The molecule has 0 fully saturated rings. The highest BCUT2D eigenvalue weighted by atomic mass is 32.1. The molecule has 0 saturated carbocycles. The third-order valence-corrected chi connectivity index (χ3v) is 5.44. The highest BCUT2D eigenvalue weighted by Gasteiger charge is 2.13. The SMILES string of the molecule is O=C(NC(=S)Nc1cccc(OCc2ccc(F)c(F)c2)c1)c1nc2ccccc2s1. The van der Waals surface area contributed by atoms with Gasteiger partial charge in [0.25, 0.3) is 5.91 Å². The van der Waals surface area contributed by atoms with E-state index in [0.29, 0.717) is 22.0 Å². The number of carbonyl (C=O) groups is 1. The van der Waals surface area contributed by atoms with Gasteiger partial charge >= 0.3 is 0 Å². The second kappa shape index (κ2) is 9.15. The zero-order chi connectivity index (χ0) is 21.8. The Kier molecular flexibility index (Phi) is 6.15. The fourth-order valence-electron chi connectivity index (χ4n) is 2.75. The second-order valence-electron chi connectivity index (χ2n) is 6.46. The van der Waals surface area contributed by atoms with E-state index >= 15 is 0 Å². The van der Waals surface area contributed by atoms with Crippen molar-refractivity contribution in [2.75, 3.05) is 5.32 Å². The summed E-state index contributed by atoms with van der Waals surface area (Å²) in [6.07, 6.45) is 0. The van der Waals surface area contributed by atoms with Crippen LogP contribution in [0.5, 0.6) is 5.75 Å². The number of benzene rings is 3. The van der Waals surface area contributed by atoms with Gasteiger partial charge in [-0.25, -0.2) is 13.8 Å². The van der Waals surface area contributed by atoms with Gasteiger partial charge in [0.05, 0.1) is 10.2 Å². The number of halogens is 2. The summed E-state index contributed by atoms with van der Waals surface area (Å²) < 4.78 is 32.9. The lowest BCUT2D eigenvalue weighted by Gasteiger charge is -2.11. The van der Waals surface area contributed by atoms with Gasteiger partial charge in [-0.05, 0) is 54.2 Å². The van der Waals surface area contributed by atoms with Crippen LogP contribution in [0.2, 0.25) is 0 Å². The Labute approximate surface area is 185 Å². The molecule has 1 aromatic heterocycles. The molecule has 4 aromatic rings. The molecule has 0 bridgehead atoms. The molecule has 156 valence electrons. The van der Waals surface area contributed by atoms with E-state index in [4.69, 9.17) is 17.0 Å². The summed E-state index contributed by atoms with van der Waals surface area (Å²) in [5, 5.41) is 5.95. The summed E-state index contributed by atoms with van der Waals surface area (Å²) in [6.45, 7) is 0.0689. The summed E-state index contributed by atoms with van der Waals surface area (Å²) in [6, 6.07) is 18.0. The van der Waals surface area contributed by atoms with E-state index in [1.165, 1.54) is 17.4 Å². The van der Waals surface area contributed by atoms with Crippen LogP contribution >= 0.6 is 23.6 Å². The highest BCUT2D eigenvalue weighted by Crippen LogP contribution is 2.22. The van der Waals surface area contributed by atoms with Crippen molar-refractivity contribution in [3.8, 4) is 5.75 Å². The fourth-order valence-corrected chi connectivity index (χ4v) is 3.82. The Morgan fingerprint density at radius 1 is 1.03 bits per heavy atom. The van der Waals surface area contributed by atoms with Crippen LogP contribution in [-0.2, 0) is 6.61 Å². The van der Waals surface area contributed by atoms with Gasteiger partial charge in [-0.15, -0.1) is 11.3 Å². The Bertz CT molecular complexity index is 1240. The minimum Gasteiger partial charge on any atom is -0.489 e. The predicted molar refractivity (Wildman–Crippen MR) is 120 cm³/mol. The van der Waals surface area contributed by atoms with Gasteiger partial charge in [-0.2, -0.15) is 0 Å². The number of carbonyl (C=O) groups excluding carboxylic acids is 1. The number of hydrogen-bond acceptors (Lipinski definition) is 5. The van der Waals surface area contributed by atoms with E-state index in [9.17, 15) is 13.6 Å². The van der Waals surface area contributed by atoms with E-state index in [2.05, 4.69) is 15.6 Å². The van der Waals surface area contributed by atoms with Crippen LogP contribution in [0.15, 0.2) is 66.7 Å². The largest absolute Gasteiger partial charge is 0.489 e. The Balaban J connectivity index is 1.35. The lowest BCUT2D eigenvalue weighted by Crippen LogP contribution is -2.34. The number of hydrogen-bond donors (Lipinski definition) is 2. The van der Waals surface area contributed by atoms with E-state index in [0.717, 1.165) is 22.3 Å². The van der Waals surface area contributed by atoms with Crippen molar-refractivity contribution in [1.82, 2.24) is 10.3 Å². The molecule has 0 aliphatic carbocycles. The van der Waals surface area contributed by atoms with Gasteiger partial charge in [0, 0.05) is 11.8 Å². The fraction of sp³-hybridized carbons (Fsp3) is 0.0455. The number of para-hydroxylation sites is 1. The molecule has 0 aliphatic heterocycles. The Morgan fingerprint density at radius 3 is 2.68 bits per heavy atom. The molecule has 0 unspecified atom stereocenters. The van der Waals surface area contributed by atoms with Crippen LogP contribution in [0.1, 0.15) is 15.4 Å². The summed E-state index contributed by atoms with van der Waals surface area (Å²) in [5.74, 6) is -1.73. The number of nitrogens with one attached hydrogen (secondary N) is 2. The van der Waals surface area contributed by atoms with Crippen LogP contribution in [0, 0.1) is 11.6 Å². The van der Waals surface area contributed by atoms with Crippen molar-refractivity contribution in [3.63, 3.8) is 0 Å². The van der Waals surface area contributed by atoms with Gasteiger partial charge < -0.3 is 10.1 Å². The maximum atomic E-state index is 13.3. The first-order valence-electron chi connectivity index (χ1n) is 9.12. The molecule has 9 heteroatoms. The second-order valence-corrected chi connectivity index (χ2v) is 7.90. The molecule has 2 N–H and O–H groups in total. The molecule has 31 heavy (non-hydrogen) atoms. The van der Waals surface area contributed by atoms with Crippen molar-refractivity contribution in [2.24, 2.45) is 0 Å². The molecular weight excluding hydrogens is 440 g/mol. The number of amides is 1. The zero-order valence-corrected chi connectivity index (χ0v) is 17.5. The highest BCUT2D eigenvalue weighted by molar-refractivity contribution is 7.80. The van der Waals surface area contributed by atoms with E-state index in [-0.39, 0.29) is 11.7 Å². The number of aromatic nitrogens is 1. The van der Waals surface area contributed by atoms with E-state index in [1.54, 1.807) is 24.3 Å². The number of nitrogens with zero attached hydrogens (tertiary/aromatic N) is 1. The van der Waals surface area contributed by atoms with Crippen LogP contribution in [0.3, 0.4) is 0 Å². The maximum absolute atomic E-state index is 13.3. The van der Waals surface area contributed by atoms with Crippen LogP contribution in [-0.4, -0.2) is 16.0 Å². The molecular formula is C22H15F2N3O2S2. The molecule has 4 rings (SSSR count). The van der Waals surface area contributed by atoms with Gasteiger partial charge in [0.15, 0.2) is 21.8 Å². The van der Waals surface area contributed by atoms with E-state index < -0.39 is 17.5 Å². The molecule has 1 amide bonds. The molecule has 0 spiro atoms. The van der Waals surface area contributed by atoms with Crippen LogP contribution in [0.25, 0.3) is 10.2 Å². The van der Waals surface area contributed by atoms with Gasteiger partial charge in [0.2, 0.25) is 0 Å². The van der Waals surface area contributed by atoms with Crippen molar-refractivity contribution < 1.29 is 18.3 Å². The number of anilines is 1. The summed E-state index contributed by atoms with van der Waals surface area (Å²) >= 11 is 6.50. The minimum absolute atomic E-state index is 0.0689. The average molecular weight is 456 g/mol. The molecule has 0 radical (unpaired) electrons. The first-order valence-corrected chi connectivity index (χ1v) is 10.3. The van der Waals surface area contributed by atoms with Crippen molar-refractivity contribution in [2.45, 2.75) is 6.61 Å². The van der Waals surface area contributed by atoms with Crippen molar-refractivity contribution in [3.05, 3.63) is 88.9 Å². The minimum atomic E-state index is -0.925. The lowest BCUT2D eigenvalue weighted by atomic mass is 10.2. The number of fused-ring (bicyclic) bond motifs is 1. The number of ether oxygens (including phenoxy) is 1. The molecule has 1 heterocycles. The Hall–Kier alpha value is -3.43. The third kappa shape index (κ3) is 5.19. The van der Waals surface area contributed by atoms with Gasteiger partial charge in [-0.3, -0.25) is 10.1 Å². The predicted octanol–water partition coefficient (Wildman–Crippen LogP) is 5.28. The first kappa shape index (κ1) is 20.8.